The Morgan fingerprint density at radius 3 is 2.43 bits per heavy atom. The number of hydrogen-bond acceptors (Lipinski definition) is 2. The van der Waals surface area contributed by atoms with Gasteiger partial charge in [0.15, 0.2) is 0 Å². The molecule has 82 valence electrons. The maximum atomic E-state index is 9.81. The first-order valence-electron chi connectivity index (χ1n) is 5.62. The standard InChI is InChI=1S/C12H22O2/c1-2-3-4-5-6-7-8-9-10-11-14-12-13/h3-4,12H,2,5-11H2,1H3/b4-3+. The molecule has 0 saturated carbocycles. The van der Waals surface area contributed by atoms with Gasteiger partial charge in [-0.2, -0.15) is 0 Å². The summed E-state index contributed by atoms with van der Waals surface area (Å²) in [5, 5.41) is 0. The second-order valence-electron chi connectivity index (χ2n) is 3.40. The number of allylic oxidation sites excluding steroid dienone is 2. The normalized spacial score (nSPS) is 10.6. The summed E-state index contributed by atoms with van der Waals surface area (Å²) < 4.78 is 4.60. The van der Waals surface area contributed by atoms with Crippen LogP contribution < -0.4 is 0 Å². The Kier molecular flexibility index (Phi) is 11.5. The maximum absolute atomic E-state index is 9.81. The third-order valence-electron chi connectivity index (χ3n) is 2.10. The van der Waals surface area contributed by atoms with Crippen LogP contribution in [0.2, 0.25) is 0 Å². The van der Waals surface area contributed by atoms with Gasteiger partial charge in [0.2, 0.25) is 0 Å². The molecule has 2 nitrogen and oxygen atoms in total. The fraction of sp³-hybridized carbons (Fsp3) is 0.750. The summed E-state index contributed by atoms with van der Waals surface area (Å²) in [6.07, 6.45) is 12.8. The van der Waals surface area contributed by atoms with Crippen molar-refractivity contribution < 1.29 is 9.53 Å². The molecule has 0 radical (unpaired) electrons. The van der Waals surface area contributed by atoms with Gasteiger partial charge in [0.05, 0.1) is 6.61 Å². The predicted molar refractivity (Wildman–Crippen MR) is 59.1 cm³/mol. The monoisotopic (exact) mass is 198 g/mol. The van der Waals surface area contributed by atoms with Gasteiger partial charge in [-0.1, -0.05) is 38.3 Å². The third kappa shape index (κ3) is 11.2. The van der Waals surface area contributed by atoms with Crippen molar-refractivity contribution in [1.82, 2.24) is 0 Å². The fourth-order valence-electron chi connectivity index (χ4n) is 1.31. The molecule has 14 heavy (non-hydrogen) atoms. The van der Waals surface area contributed by atoms with E-state index in [1.165, 1.54) is 32.1 Å². The van der Waals surface area contributed by atoms with E-state index in [9.17, 15) is 4.79 Å². The molecular formula is C12H22O2. The number of carbonyl (C=O) groups excluding carboxylic acids is 1. The fourth-order valence-corrected chi connectivity index (χ4v) is 1.31. The SMILES string of the molecule is CC/C=C/CCCCCCCOC=O. The van der Waals surface area contributed by atoms with Crippen LogP contribution in [-0.4, -0.2) is 13.1 Å². The zero-order valence-corrected chi connectivity index (χ0v) is 9.21. The lowest BCUT2D eigenvalue weighted by Crippen LogP contribution is -1.91. The van der Waals surface area contributed by atoms with E-state index in [4.69, 9.17) is 0 Å². The zero-order chi connectivity index (χ0) is 10.5. The summed E-state index contributed by atoms with van der Waals surface area (Å²) in [7, 11) is 0. The summed E-state index contributed by atoms with van der Waals surface area (Å²) in [5.41, 5.74) is 0. The van der Waals surface area contributed by atoms with Gasteiger partial charge in [0.25, 0.3) is 6.47 Å². The highest BCUT2D eigenvalue weighted by Gasteiger charge is 1.89. The van der Waals surface area contributed by atoms with Gasteiger partial charge in [-0.05, 0) is 25.7 Å². The lowest BCUT2D eigenvalue weighted by molar-refractivity contribution is -0.128. The molecule has 0 amide bonds. The summed E-state index contributed by atoms with van der Waals surface area (Å²) in [4.78, 5) is 9.81. The van der Waals surface area contributed by atoms with E-state index in [0.717, 1.165) is 12.8 Å². The van der Waals surface area contributed by atoms with Gasteiger partial charge < -0.3 is 4.74 Å². The Morgan fingerprint density at radius 1 is 1.00 bits per heavy atom. The highest BCUT2D eigenvalue weighted by molar-refractivity contribution is 5.36. The number of rotatable bonds is 10. The second-order valence-corrected chi connectivity index (χ2v) is 3.40. The van der Waals surface area contributed by atoms with Gasteiger partial charge in [-0.3, -0.25) is 4.79 Å². The van der Waals surface area contributed by atoms with Crippen LogP contribution in [0.4, 0.5) is 0 Å². The van der Waals surface area contributed by atoms with Crippen molar-refractivity contribution in [1.29, 1.82) is 0 Å². The summed E-state index contributed by atoms with van der Waals surface area (Å²) in [6.45, 7) is 3.26. The molecule has 0 heterocycles. The topological polar surface area (TPSA) is 26.3 Å². The molecule has 0 bridgehead atoms. The minimum Gasteiger partial charge on any atom is -0.468 e. The van der Waals surface area contributed by atoms with Crippen LogP contribution in [-0.2, 0) is 9.53 Å². The lowest BCUT2D eigenvalue weighted by Gasteiger charge is -1.99. The van der Waals surface area contributed by atoms with Crippen molar-refractivity contribution in [3.8, 4) is 0 Å². The third-order valence-corrected chi connectivity index (χ3v) is 2.10. The summed E-state index contributed by atoms with van der Waals surface area (Å²) >= 11 is 0. The van der Waals surface area contributed by atoms with Crippen molar-refractivity contribution in [3.05, 3.63) is 12.2 Å². The van der Waals surface area contributed by atoms with E-state index >= 15 is 0 Å². The minimum atomic E-state index is 0.523. The second kappa shape index (κ2) is 12.2. The predicted octanol–water partition coefficient (Wildman–Crippen LogP) is 3.47. The van der Waals surface area contributed by atoms with Gasteiger partial charge in [0, 0.05) is 0 Å². The molecule has 0 fully saturated rings. The first-order valence-corrected chi connectivity index (χ1v) is 5.62. The molecule has 0 aromatic carbocycles. The average molecular weight is 198 g/mol. The van der Waals surface area contributed by atoms with E-state index in [1.54, 1.807) is 0 Å². The molecule has 0 atom stereocenters. The quantitative estimate of drug-likeness (QED) is 0.305. The Hall–Kier alpha value is -0.790. The van der Waals surface area contributed by atoms with E-state index in [0.29, 0.717) is 13.1 Å². The van der Waals surface area contributed by atoms with Crippen molar-refractivity contribution >= 4 is 6.47 Å². The maximum Gasteiger partial charge on any atom is 0.293 e. The molecule has 0 aromatic heterocycles. The van der Waals surface area contributed by atoms with Gasteiger partial charge in [-0.25, -0.2) is 0 Å². The van der Waals surface area contributed by atoms with Crippen LogP contribution in [0.25, 0.3) is 0 Å². The zero-order valence-electron chi connectivity index (χ0n) is 9.21. The molecule has 0 aliphatic heterocycles. The van der Waals surface area contributed by atoms with Crippen LogP contribution >= 0.6 is 0 Å². The van der Waals surface area contributed by atoms with Crippen LogP contribution in [0.1, 0.15) is 51.9 Å². The molecule has 0 rings (SSSR count). The number of unbranched alkanes of at least 4 members (excludes halogenated alkanes) is 5. The largest absolute Gasteiger partial charge is 0.468 e. The van der Waals surface area contributed by atoms with Crippen molar-refractivity contribution in [2.45, 2.75) is 51.9 Å². The number of hydrogen-bond donors (Lipinski definition) is 0. The summed E-state index contributed by atoms with van der Waals surface area (Å²) in [5.74, 6) is 0. The first-order chi connectivity index (χ1) is 6.91. The van der Waals surface area contributed by atoms with Gasteiger partial charge in [-0.15, -0.1) is 0 Å². The lowest BCUT2D eigenvalue weighted by atomic mass is 10.1. The molecular weight excluding hydrogens is 176 g/mol. The van der Waals surface area contributed by atoms with Crippen LogP contribution in [0, 0.1) is 0 Å². The molecule has 0 spiro atoms. The van der Waals surface area contributed by atoms with E-state index in [-0.39, 0.29) is 0 Å². The van der Waals surface area contributed by atoms with Crippen LogP contribution in [0.15, 0.2) is 12.2 Å². The van der Waals surface area contributed by atoms with Crippen molar-refractivity contribution in [2.75, 3.05) is 6.61 Å². The molecule has 0 N–H and O–H groups in total. The van der Waals surface area contributed by atoms with E-state index in [2.05, 4.69) is 23.8 Å². The smallest absolute Gasteiger partial charge is 0.293 e. The highest BCUT2D eigenvalue weighted by Crippen LogP contribution is 2.05. The number of carbonyl (C=O) groups is 1. The van der Waals surface area contributed by atoms with Crippen LogP contribution in [0.5, 0.6) is 0 Å². The van der Waals surface area contributed by atoms with Crippen LogP contribution in [0.3, 0.4) is 0 Å². The molecule has 0 aliphatic rings. The van der Waals surface area contributed by atoms with Gasteiger partial charge in [0.1, 0.15) is 0 Å². The molecule has 0 unspecified atom stereocenters. The molecule has 0 aromatic rings. The average Bonchev–Trinajstić information content (AvgIpc) is 2.21. The Labute approximate surface area is 87.3 Å². The Morgan fingerprint density at radius 2 is 1.71 bits per heavy atom. The highest BCUT2D eigenvalue weighted by atomic mass is 16.5. The Balaban J connectivity index is 2.91. The van der Waals surface area contributed by atoms with E-state index < -0.39 is 0 Å². The molecule has 0 saturated heterocycles. The molecule has 2 heteroatoms. The van der Waals surface area contributed by atoms with Crippen molar-refractivity contribution in [3.63, 3.8) is 0 Å². The van der Waals surface area contributed by atoms with E-state index in [1.807, 2.05) is 0 Å². The van der Waals surface area contributed by atoms with Crippen molar-refractivity contribution in [2.24, 2.45) is 0 Å². The van der Waals surface area contributed by atoms with Gasteiger partial charge >= 0.3 is 0 Å². The molecule has 0 aliphatic carbocycles. The summed E-state index contributed by atoms with van der Waals surface area (Å²) in [6, 6.07) is 0. The minimum absolute atomic E-state index is 0.523. The number of ether oxygens (including phenoxy) is 1. The Bertz CT molecular complexity index is 141. The first kappa shape index (κ1) is 13.2.